The molecule has 2 N–H and O–H groups in total. The lowest BCUT2D eigenvalue weighted by Gasteiger charge is -2.12. The van der Waals surface area contributed by atoms with Gasteiger partial charge in [-0.2, -0.15) is 0 Å². The van der Waals surface area contributed by atoms with E-state index >= 15 is 0 Å². The van der Waals surface area contributed by atoms with E-state index in [0.717, 1.165) is 39.1 Å². The third kappa shape index (κ3) is 3.48. The van der Waals surface area contributed by atoms with Crippen LogP contribution in [0.5, 0.6) is 5.75 Å². The summed E-state index contributed by atoms with van der Waals surface area (Å²) in [5.41, 5.74) is 4.50. The summed E-state index contributed by atoms with van der Waals surface area (Å²) in [6.45, 7) is 3.15. The van der Waals surface area contributed by atoms with Crippen LogP contribution in [0.15, 0.2) is 61.1 Å². The fourth-order valence-corrected chi connectivity index (χ4v) is 4.03. The van der Waals surface area contributed by atoms with Crippen LogP contribution in [0.3, 0.4) is 0 Å². The number of anilines is 1. The van der Waals surface area contributed by atoms with Gasteiger partial charge in [0.1, 0.15) is 23.7 Å². The minimum Gasteiger partial charge on any atom is -0.496 e. The minimum atomic E-state index is -0.256. The van der Waals surface area contributed by atoms with Crippen LogP contribution in [0, 0.1) is 12.7 Å². The molecule has 5 aromatic rings. The van der Waals surface area contributed by atoms with Crippen molar-refractivity contribution < 1.29 is 9.13 Å². The highest BCUT2D eigenvalue weighted by atomic mass is 19.1. The van der Waals surface area contributed by atoms with Gasteiger partial charge in [0.05, 0.1) is 18.3 Å². The lowest BCUT2D eigenvalue weighted by molar-refractivity contribution is 0.419. The molecule has 0 unspecified atom stereocenters. The molecule has 0 atom stereocenters. The van der Waals surface area contributed by atoms with Gasteiger partial charge in [-0.05, 0) is 43.3 Å². The zero-order valence-corrected chi connectivity index (χ0v) is 17.3. The first kappa shape index (κ1) is 19.1. The Labute approximate surface area is 178 Å². The minimum absolute atomic E-state index is 0.256. The number of rotatable bonds is 6. The Morgan fingerprint density at radius 1 is 1.10 bits per heavy atom. The maximum atomic E-state index is 14.5. The molecule has 0 saturated heterocycles. The predicted octanol–water partition coefficient (Wildman–Crippen LogP) is 5.15. The maximum absolute atomic E-state index is 14.5. The Balaban J connectivity index is 1.35. The number of aromatic amines is 1. The van der Waals surface area contributed by atoms with Crippen molar-refractivity contribution in [2.75, 3.05) is 19.0 Å². The van der Waals surface area contributed by atoms with E-state index in [2.05, 4.69) is 26.3 Å². The lowest BCUT2D eigenvalue weighted by Crippen LogP contribution is -2.13. The molecular weight excluding hydrogens is 393 g/mol. The van der Waals surface area contributed by atoms with Crippen LogP contribution in [-0.4, -0.2) is 33.2 Å². The number of fused-ring (bicyclic) bond motifs is 2. The van der Waals surface area contributed by atoms with Gasteiger partial charge in [-0.25, -0.2) is 14.4 Å². The van der Waals surface area contributed by atoms with Crippen molar-refractivity contribution in [3.63, 3.8) is 0 Å². The predicted molar refractivity (Wildman–Crippen MR) is 121 cm³/mol. The number of hydrogen-bond acceptors (Lipinski definition) is 4. The molecule has 156 valence electrons. The molecule has 7 heteroatoms. The van der Waals surface area contributed by atoms with Crippen LogP contribution >= 0.6 is 0 Å². The van der Waals surface area contributed by atoms with Crippen molar-refractivity contribution in [3.8, 4) is 17.0 Å². The number of nitrogens with one attached hydrogen (secondary N) is 2. The molecule has 3 aromatic heterocycles. The van der Waals surface area contributed by atoms with Crippen molar-refractivity contribution in [1.82, 2.24) is 19.5 Å². The highest BCUT2D eigenvalue weighted by Gasteiger charge is 2.14. The highest BCUT2D eigenvalue weighted by Crippen LogP contribution is 2.31. The second-order valence-electron chi connectivity index (χ2n) is 7.44. The van der Waals surface area contributed by atoms with Gasteiger partial charge in [0.25, 0.3) is 0 Å². The molecule has 0 bridgehead atoms. The molecule has 3 heterocycles. The zero-order chi connectivity index (χ0) is 21.4. The lowest BCUT2D eigenvalue weighted by atomic mass is 10.1. The normalized spacial score (nSPS) is 11.3. The summed E-state index contributed by atoms with van der Waals surface area (Å²) < 4.78 is 21.9. The van der Waals surface area contributed by atoms with Gasteiger partial charge in [0.2, 0.25) is 0 Å². The molecule has 6 nitrogen and oxygen atoms in total. The summed E-state index contributed by atoms with van der Waals surface area (Å²) >= 11 is 0. The van der Waals surface area contributed by atoms with E-state index in [4.69, 9.17) is 4.74 Å². The summed E-state index contributed by atoms with van der Waals surface area (Å²) in [6, 6.07) is 15.2. The van der Waals surface area contributed by atoms with E-state index in [9.17, 15) is 4.39 Å². The average Bonchev–Trinajstić information content (AvgIpc) is 3.38. The number of nitrogens with zero attached hydrogens (tertiary/aromatic N) is 3. The third-order valence-electron chi connectivity index (χ3n) is 5.55. The molecule has 5 rings (SSSR count). The summed E-state index contributed by atoms with van der Waals surface area (Å²) in [5, 5.41) is 5.25. The van der Waals surface area contributed by atoms with E-state index in [-0.39, 0.29) is 5.82 Å². The molecular formula is C24H22FN5O. The third-order valence-corrected chi connectivity index (χ3v) is 5.55. The van der Waals surface area contributed by atoms with E-state index in [0.29, 0.717) is 24.4 Å². The van der Waals surface area contributed by atoms with Gasteiger partial charge in [-0.15, -0.1) is 0 Å². The van der Waals surface area contributed by atoms with Crippen LogP contribution < -0.4 is 10.1 Å². The van der Waals surface area contributed by atoms with Gasteiger partial charge in [0, 0.05) is 52.9 Å². The topological polar surface area (TPSA) is 67.8 Å². The number of ether oxygens (including phenoxy) is 1. The van der Waals surface area contributed by atoms with E-state index in [1.165, 1.54) is 6.07 Å². The number of aromatic nitrogens is 4. The van der Waals surface area contributed by atoms with E-state index in [1.807, 2.05) is 48.0 Å². The van der Waals surface area contributed by atoms with E-state index in [1.54, 1.807) is 19.5 Å². The smallest absolute Gasteiger partial charge is 0.147 e. The monoisotopic (exact) mass is 415 g/mol. The van der Waals surface area contributed by atoms with Gasteiger partial charge in [-0.3, -0.25) is 0 Å². The summed E-state index contributed by atoms with van der Waals surface area (Å²) in [6.07, 6.45) is 3.48. The Morgan fingerprint density at radius 3 is 2.87 bits per heavy atom. The first-order valence-corrected chi connectivity index (χ1v) is 10.1. The van der Waals surface area contributed by atoms with Crippen molar-refractivity contribution in [2.45, 2.75) is 13.5 Å². The Bertz CT molecular complexity index is 1390. The van der Waals surface area contributed by atoms with Gasteiger partial charge < -0.3 is 19.6 Å². The molecule has 0 saturated carbocycles. The maximum Gasteiger partial charge on any atom is 0.147 e. The summed E-state index contributed by atoms with van der Waals surface area (Å²) in [5.74, 6) is 1.14. The first-order chi connectivity index (χ1) is 15.1. The second-order valence-corrected chi connectivity index (χ2v) is 7.44. The summed E-state index contributed by atoms with van der Waals surface area (Å²) in [4.78, 5) is 11.9. The number of benzene rings is 2. The molecule has 0 aliphatic heterocycles. The average molecular weight is 415 g/mol. The molecule has 0 spiro atoms. The molecule has 0 aliphatic carbocycles. The fourth-order valence-electron chi connectivity index (χ4n) is 4.03. The van der Waals surface area contributed by atoms with Crippen LogP contribution in [0.2, 0.25) is 0 Å². The van der Waals surface area contributed by atoms with Crippen molar-refractivity contribution in [2.24, 2.45) is 0 Å². The van der Waals surface area contributed by atoms with E-state index < -0.39 is 0 Å². The Morgan fingerprint density at radius 2 is 2.00 bits per heavy atom. The molecule has 0 amide bonds. The molecule has 31 heavy (non-hydrogen) atoms. The van der Waals surface area contributed by atoms with Gasteiger partial charge in [0.15, 0.2) is 0 Å². The molecule has 2 aromatic carbocycles. The molecule has 0 radical (unpaired) electrons. The number of halogens is 1. The van der Waals surface area contributed by atoms with Crippen LogP contribution in [-0.2, 0) is 6.54 Å². The van der Waals surface area contributed by atoms with Crippen LogP contribution in [0.4, 0.5) is 10.2 Å². The van der Waals surface area contributed by atoms with Crippen molar-refractivity contribution >= 4 is 27.6 Å². The second kappa shape index (κ2) is 7.75. The first-order valence-electron chi connectivity index (χ1n) is 10.1. The largest absolute Gasteiger partial charge is 0.496 e. The number of aryl methyl sites for hydroxylation is 1. The highest BCUT2D eigenvalue weighted by molar-refractivity contribution is 5.88. The van der Waals surface area contributed by atoms with Gasteiger partial charge in [-0.1, -0.05) is 6.07 Å². The quantitative estimate of drug-likeness (QED) is 0.403. The Kier molecular flexibility index (Phi) is 4.78. The number of hydrogen-bond donors (Lipinski definition) is 2. The standard InChI is InChI=1S/C24H22FN5O/c1-15-11-18-22(31-2)6-4-19(25)24(18)30(15)10-9-27-23-13-21(28-14-29-23)16-3-5-20-17(12-16)7-8-26-20/h3-8,11-14,26H,9-10H2,1-2H3,(H,27,28,29). The SMILES string of the molecule is COc1ccc(F)c2c1cc(C)n2CCNc1cc(-c2ccc3[nH]ccc3c2)ncn1. The zero-order valence-electron chi connectivity index (χ0n) is 17.3. The summed E-state index contributed by atoms with van der Waals surface area (Å²) in [7, 11) is 1.60. The molecule has 0 fully saturated rings. The van der Waals surface area contributed by atoms with Crippen LogP contribution in [0.1, 0.15) is 5.69 Å². The molecule has 0 aliphatic rings. The van der Waals surface area contributed by atoms with Gasteiger partial charge >= 0.3 is 0 Å². The Hall–Kier alpha value is -3.87. The van der Waals surface area contributed by atoms with Crippen molar-refractivity contribution in [3.05, 3.63) is 72.6 Å². The number of H-pyrrole nitrogens is 1. The van der Waals surface area contributed by atoms with Crippen LogP contribution in [0.25, 0.3) is 33.1 Å². The van der Waals surface area contributed by atoms with Crippen molar-refractivity contribution in [1.29, 1.82) is 0 Å². The fraction of sp³-hybridized carbons (Fsp3) is 0.167. The number of methoxy groups -OCH3 is 1.